The lowest BCUT2D eigenvalue weighted by molar-refractivity contribution is 0.259. The standard InChI is InChI=1S/C11H11N3OS/c1-7-2-4-8(5-3-7)9-6-16-11(13-9)14-10(12)15/h2-6H,1H3,(H3,12,13,14,15). The summed E-state index contributed by atoms with van der Waals surface area (Å²) in [5.41, 5.74) is 8.08. The molecule has 5 heteroatoms. The number of carbonyl (C=O) groups is 1. The summed E-state index contributed by atoms with van der Waals surface area (Å²) in [5.74, 6) is 0. The average Bonchev–Trinajstić information content (AvgIpc) is 2.66. The smallest absolute Gasteiger partial charge is 0.318 e. The van der Waals surface area contributed by atoms with Crippen LogP contribution in [-0.2, 0) is 0 Å². The van der Waals surface area contributed by atoms with Crippen molar-refractivity contribution in [3.05, 3.63) is 35.2 Å². The van der Waals surface area contributed by atoms with Gasteiger partial charge in [0.25, 0.3) is 0 Å². The molecule has 0 aliphatic heterocycles. The Morgan fingerprint density at radius 2 is 2.06 bits per heavy atom. The second-order valence-electron chi connectivity index (χ2n) is 3.39. The molecule has 0 aliphatic carbocycles. The van der Waals surface area contributed by atoms with Crippen LogP contribution in [0.4, 0.5) is 9.93 Å². The van der Waals surface area contributed by atoms with Crippen LogP contribution in [-0.4, -0.2) is 11.0 Å². The molecule has 0 unspecified atom stereocenters. The minimum absolute atomic E-state index is 0.517. The fourth-order valence-corrected chi connectivity index (χ4v) is 2.02. The highest BCUT2D eigenvalue weighted by Gasteiger charge is 2.05. The van der Waals surface area contributed by atoms with Crippen molar-refractivity contribution >= 4 is 22.5 Å². The first-order valence-electron chi connectivity index (χ1n) is 4.74. The molecule has 2 aromatic rings. The van der Waals surface area contributed by atoms with Crippen molar-refractivity contribution in [2.75, 3.05) is 5.32 Å². The number of primary amides is 1. The molecule has 1 aromatic carbocycles. The number of aromatic nitrogens is 1. The van der Waals surface area contributed by atoms with Gasteiger partial charge >= 0.3 is 6.03 Å². The van der Waals surface area contributed by atoms with E-state index in [2.05, 4.69) is 10.3 Å². The van der Waals surface area contributed by atoms with Gasteiger partial charge in [0.1, 0.15) is 0 Å². The zero-order valence-electron chi connectivity index (χ0n) is 8.73. The van der Waals surface area contributed by atoms with Gasteiger partial charge in [-0.1, -0.05) is 29.8 Å². The third-order valence-electron chi connectivity index (χ3n) is 2.08. The number of aryl methyl sites for hydroxylation is 1. The highest BCUT2D eigenvalue weighted by atomic mass is 32.1. The van der Waals surface area contributed by atoms with Gasteiger partial charge in [0.2, 0.25) is 0 Å². The Morgan fingerprint density at radius 3 is 2.69 bits per heavy atom. The maximum Gasteiger partial charge on any atom is 0.318 e. The van der Waals surface area contributed by atoms with Crippen LogP contribution in [0.25, 0.3) is 11.3 Å². The van der Waals surface area contributed by atoms with Crippen molar-refractivity contribution < 1.29 is 4.79 Å². The van der Waals surface area contributed by atoms with E-state index in [0.29, 0.717) is 5.13 Å². The van der Waals surface area contributed by atoms with Gasteiger partial charge in [0, 0.05) is 10.9 Å². The SMILES string of the molecule is Cc1ccc(-c2csc(NC(N)=O)n2)cc1. The number of carbonyl (C=O) groups excluding carboxylic acids is 1. The zero-order valence-corrected chi connectivity index (χ0v) is 9.54. The van der Waals surface area contributed by atoms with Crippen LogP contribution in [0.3, 0.4) is 0 Å². The Bertz CT molecular complexity index is 504. The third-order valence-corrected chi connectivity index (χ3v) is 2.84. The number of rotatable bonds is 2. The predicted octanol–water partition coefficient (Wildman–Crippen LogP) is 2.61. The largest absolute Gasteiger partial charge is 0.351 e. The number of nitrogens with two attached hydrogens (primary N) is 1. The first-order valence-corrected chi connectivity index (χ1v) is 5.62. The summed E-state index contributed by atoms with van der Waals surface area (Å²) >= 11 is 1.35. The average molecular weight is 233 g/mol. The molecule has 0 radical (unpaired) electrons. The molecule has 4 nitrogen and oxygen atoms in total. The molecule has 1 heterocycles. The van der Waals surface area contributed by atoms with Crippen LogP contribution in [0, 0.1) is 6.92 Å². The summed E-state index contributed by atoms with van der Waals surface area (Å²) in [6, 6.07) is 7.45. The summed E-state index contributed by atoms with van der Waals surface area (Å²) in [6.07, 6.45) is 0. The number of benzene rings is 1. The summed E-state index contributed by atoms with van der Waals surface area (Å²) in [5, 5.41) is 4.85. The van der Waals surface area contributed by atoms with Crippen molar-refractivity contribution in [2.45, 2.75) is 6.92 Å². The normalized spacial score (nSPS) is 10.1. The number of urea groups is 1. The van der Waals surface area contributed by atoms with Crippen molar-refractivity contribution in [1.82, 2.24) is 4.98 Å². The molecule has 0 saturated carbocycles. The van der Waals surface area contributed by atoms with E-state index in [9.17, 15) is 4.79 Å². The van der Waals surface area contributed by atoms with E-state index in [-0.39, 0.29) is 0 Å². The second kappa shape index (κ2) is 4.32. The molecule has 0 atom stereocenters. The highest BCUT2D eigenvalue weighted by Crippen LogP contribution is 2.24. The quantitative estimate of drug-likeness (QED) is 0.837. The van der Waals surface area contributed by atoms with Crippen LogP contribution >= 0.6 is 11.3 Å². The van der Waals surface area contributed by atoms with Crippen molar-refractivity contribution in [1.29, 1.82) is 0 Å². The van der Waals surface area contributed by atoms with Crippen molar-refractivity contribution in [2.24, 2.45) is 5.73 Å². The number of thiazole rings is 1. The maximum atomic E-state index is 10.6. The molecule has 3 N–H and O–H groups in total. The molecular formula is C11H11N3OS. The summed E-state index contributed by atoms with van der Waals surface area (Å²) in [7, 11) is 0. The van der Waals surface area contributed by atoms with E-state index in [4.69, 9.17) is 5.73 Å². The molecule has 82 valence electrons. The van der Waals surface area contributed by atoms with Crippen molar-refractivity contribution in [3.8, 4) is 11.3 Å². The molecule has 0 saturated heterocycles. The molecular weight excluding hydrogens is 222 g/mol. The van der Waals surface area contributed by atoms with Crippen LogP contribution in [0.1, 0.15) is 5.56 Å². The van der Waals surface area contributed by atoms with Gasteiger partial charge in [0.05, 0.1) is 5.69 Å². The Hall–Kier alpha value is -1.88. The second-order valence-corrected chi connectivity index (χ2v) is 4.25. The molecule has 0 spiro atoms. The van der Waals surface area contributed by atoms with Gasteiger partial charge in [0.15, 0.2) is 5.13 Å². The molecule has 0 aliphatic rings. The number of nitrogens with one attached hydrogen (secondary N) is 1. The van der Waals surface area contributed by atoms with Gasteiger partial charge in [-0.05, 0) is 6.92 Å². The van der Waals surface area contributed by atoms with E-state index in [1.165, 1.54) is 16.9 Å². The third kappa shape index (κ3) is 2.38. The van der Waals surface area contributed by atoms with Gasteiger partial charge in [-0.2, -0.15) is 0 Å². The van der Waals surface area contributed by atoms with Gasteiger partial charge in [-0.15, -0.1) is 11.3 Å². The number of nitrogens with zero attached hydrogens (tertiary/aromatic N) is 1. The Kier molecular flexibility index (Phi) is 2.87. The minimum atomic E-state index is -0.593. The maximum absolute atomic E-state index is 10.6. The lowest BCUT2D eigenvalue weighted by atomic mass is 10.1. The molecule has 16 heavy (non-hydrogen) atoms. The molecule has 1 aromatic heterocycles. The lowest BCUT2D eigenvalue weighted by Crippen LogP contribution is -2.18. The number of amides is 2. The Labute approximate surface area is 97.1 Å². The van der Waals surface area contributed by atoms with Crippen molar-refractivity contribution in [3.63, 3.8) is 0 Å². The zero-order chi connectivity index (χ0) is 11.5. The van der Waals surface area contributed by atoms with Crippen LogP contribution in [0.2, 0.25) is 0 Å². The molecule has 2 amide bonds. The predicted molar refractivity (Wildman–Crippen MR) is 65.5 cm³/mol. The van der Waals surface area contributed by atoms with E-state index in [1.807, 2.05) is 36.6 Å². The topological polar surface area (TPSA) is 68.0 Å². The number of anilines is 1. The van der Waals surface area contributed by atoms with Crippen LogP contribution in [0.15, 0.2) is 29.6 Å². The first kappa shape index (κ1) is 10.6. The van der Waals surface area contributed by atoms with E-state index < -0.39 is 6.03 Å². The van der Waals surface area contributed by atoms with Crippen LogP contribution in [0.5, 0.6) is 0 Å². The summed E-state index contributed by atoms with van der Waals surface area (Å²) in [4.78, 5) is 14.9. The number of hydrogen-bond acceptors (Lipinski definition) is 3. The van der Waals surface area contributed by atoms with E-state index in [0.717, 1.165) is 11.3 Å². The molecule has 0 bridgehead atoms. The van der Waals surface area contributed by atoms with Gasteiger partial charge < -0.3 is 5.73 Å². The monoisotopic (exact) mass is 233 g/mol. The van der Waals surface area contributed by atoms with E-state index in [1.54, 1.807) is 0 Å². The Morgan fingerprint density at radius 1 is 1.38 bits per heavy atom. The minimum Gasteiger partial charge on any atom is -0.351 e. The highest BCUT2D eigenvalue weighted by molar-refractivity contribution is 7.14. The Balaban J connectivity index is 2.24. The fraction of sp³-hybridized carbons (Fsp3) is 0.0909. The first-order chi connectivity index (χ1) is 7.65. The summed E-state index contributed by atoms with van der Waals surface area (Å²) < 4.78 is 0. The van der Waals surface area contributed by atoms with E-state index >= 15 is 0 Å². The fourth-order valence-electron chi connectivity index (χ4n) is 1.29. The van der Waals surface area contributed by atoms with Gasteiger partial charge in [-0.3, -0.25) is 5.32 Å². The van der Waals surface area contributed by atoms with Crippen LogP contribution < -0.4 is 11.1 Å². The lowest BCUT2D eigenvalue weighted by Gasteiger charge is -1.97. The van der Waals surface area contributed by atoms with Gasteiger partial charge in [-0.25, -0.2) is 9.78 Å². The molecule has 0 fully saturated rings. The number of hydrogen-bond donors (Lipinski definition) is 2. The summed E-state index contributed by atoms with van der Waals surface area (Å²) in [6.45, 7) is 2.03. The molecule has 2 rings (SSSR count).